The number of benzene rings is 2. The second kappa shape index (κ2) is 11.4. The van der Waals surface area contributed by atoms with Gasteiger partial charge in [-0.2, -0.15) is 9.37 Å². The molecule has 3 aromatic rings. The molecule has 2 aromatic carbocycles. The fourth-order valence-electron chi connectivity index (χ4n) is 5.43. The first-order valence-corrected chi connectivity index (χ1v) is 13.4. The van der Waals surface area contributed by atoms with Crippen molar-refractivity contribution in [3.8, 4) is 0 Å². The lowest BCUT2D eigenvalue weighted by Gasteiger charge is -2.37. The number of ether oxygens (including phenoxy) is 2. The number of likely N-dealkylation sites (tertiary alicyclic amines) is 1. The Kier molecular flexibility index (Phi) is 7.95. The monoisotopic (exact) mass is 541 g/mol. The molecule has 1 atom stereocenters. The molecule has 1 unspecified atom stereocenters. The zero-order chi connectivity index (χ0) is 27.6. The molecule has 1 saturated carbocycles. The summed E-state index contributed by atoms with van der Waals surface area (Å²) in [4.78, 5) is 31.0. The topological polar surface area (TPSA) is 93.9 Å². The molecule has 1 aliphatic carbocycles. The van der Waals surface area contributed by atoms with Crippen LogP contribution < -0.4 is 5.32 Å². The average Bonchev–Trinajstić information content (AvgIpc) is 3.63. The van der Waals surface area contributed by atoms with Crippen LogP contribution >= 0.6 is 0 Å². The summed E-state index contributed by atoms with van der Waals surface area (Å²) in [7, 11) is 1.35. The highest BCUT2D eigenvalue weighted by molar-refractivity contribution is 5.88. The van der Waals surface area contributed by atoms with Crippen LogP contribution in [0, 0.1) is 18.7 Å². The first-order valence-electron chi connectivity index (χ1n) is 13.4. The van der Waals surface area contributed by atoms with Crippen LogP contribution in [0.5, 0.6) is 0 Å². The van der Waals surface area contributed by atoms with Gasteiger partial charge in [0.15, 0.2) is 11.4 Å². The number of aryl methyl sites for hydroxylation is 1. The number of nitrogens with one attached hydrogen (secondary N) is 1. The van der Waals surface area contributed by atoms with E-state index in [2.05, 4.69) is 10.3 Å². The first kappa shape index (κ1) is 27.2. The van der Waals surface area contributed by atoms with Gasteiger partial charge in [-0.1, -0.05) is 24.3 Å². The van der Waals surface area contributed by atoms with Crippen LogP contribution in [0.2, 0.25) is 0 Å². The van der Waals surface area contributed by atoms with E-state index < -0.39 is 30.1 Å². The maximum Gasteiger partial charge on any atom is 0.330 e. The van der Waals surface area contributed by atoms with Crippen molar-refractivity contribution in [2.24, 2.45) is 5.92 Å². The Bertz CT molecular complexity index is 1350. The van der Waals surface area contributed by atoms with Crippen LogP contribution in [-0.4, -0.2) is 53.9 Å². The number of oxazole rings is 1. The molecule has 5 rings (SSSR count). The average molecular weight is 542 g/mol. The summed E-state index contributed by atoms with van der Waals surface area (Å²) in [6.07, 6.45) is 2.31. The number of alkyl halides is 1. The van der Waals surface area contributed by atoms with E-state index in [0.29, 0.717) is 38.8 Å². The van der Waals surface area contributed by atoms with Gasteiger partial charge in [-0.25, -0.2) is 9.29 Å². The van der Waals surface area contributed by atoms with Gasteiger partial charge in [-0.15, -0.1) is 0 Å². The first-order chi connectivity index (χ1) is 18.8. The Hall–Kier alpha value is -3.37. The number of methoxy groups -OCH3 is 1. The summed E-state index contributed by atoms with van der Waals surface area (Å²) in [6, 6.07) is 10.6. The standard InChI is InChI=1S/C29H33F2N3O5/c1-18-7-3-4-8-22(18)32-28-33-23-14-11-20(25(30)26(23)38-28)17-24(35)29(31,34-15-5-6-16-34)39-21-12-9-19(10-13-21)27(36)37-2/h3-4,7-8,11,14,19,21H,5-6,9-10,12-13,15-17H2,1-2H3,(H,32,33). The van der Waals surface area contributed by atoms with Gasteiger partial charge in [0.05, 0.1) is 19.1 Å². The zero-order valence-corrected chi connectivity index (χ0v) is 22.2. The van der Waals surface area contributed by atoms with Gasteiger partial charge in [-0.3, -0.25) is 9.59 Å². The third-order valence-electron chi connectivity index (χ3n) is 7.70. The molecule has 2 aliphatic rings. The van der Waals surface area contributed by atoms with Crippen LogP contribution in [0.15, 0.2) is 40.8 Å². The smallest absolute Gasteiger partial charge is 0.330 e. The Morgan fingerprint density at radius 2 is 1.85 bits per heavy atom. The number of ketones is 1. The molecule has 0 bridgehead atoms. The molecule has 2 fully saturated rings. The van der Waals surface area contributed by atoms with Gasteiger partial charge in [0.25, 0.3) is 6.01 Å². The third kappa shape index (κ3) is 5.67. The van der Waals surface area contributed by atoms with Crippen molar-refractivity contribution < 1.29 is 32.3 Å². The number of Topliss-reactive ketones (excluding diaryl/α,β-unsaturated/α-hetero) is 1. The number of halogens is 2. The lowest BCUT2D eigenvalue weighted by molar-refractivity contribution is -0.252. The van der Waals surface area contributed by atoms with Crippen molar-refractivity contribution in [1.82, 2.24) is 9.88 Å². The molecule has 208 valence electrons. The minimum Gasteiger partial charge on any atom is -0.469 e. The van der Waals surface area contributed by atoms with E-state index in [1.807, 2.05) is 31.2 Å². The van der Waals surface area contributed by atoms with Crippen molar-refractivity contribution in [2.75, 3.05) is 25.5 Å². The predicted octanol–water partition coefficient (Wildman–Crippen LogP) is 5.60. The Labute approximate surface area is 225 Å². The van der Waals surface area contributed by atoms with Crippen LogP contribution in [-0.2, 0) is 25.5 Å². The number of carbonyl (C=O) groups excluding carboxylic acids is 2. The molecule has 1 aromatic heterocycles. The molecule has 8 nitrogen and oxygen atoms in total. The van der Waals surface area contributed by atoms with Gasteiger partial charge in [-0.05, 0) is 68.7 Å². The van der Waals surface area contributed by atoms with Crippen molar-refractivity contribution in [3.63, 3.8) is 0 Å². The maximum atomic E-state index is 16.5. The fourth-order valence-corrected chi connectivity index (χ4v) is 5.43. The van der Waals surface area contributed by atoms with Gasteiger partial charge in [0.2, 0.25) is 5.78 Å². The van der Waals surface area contributed by atoms with Gasteiger partial charge < -0.3 is 19.2 Å². The second-order valence-corrected chi connectivity index (χ2v) is 10.3. The molecule has 39 heavy (non-hydrogen) atoms. The molecule has 10 heteroatoms. The van der Waals surface area contributed by atoms with Crippen molar-refractivity contribution in [3.05, 3.63) is 53.3 Å². The Balaban J connectivity index is 1.33. The second-order valence-electron chi connectivity index (χ2n) is 10.3. The van der Waals surface area contributed by atoms with E-state index in [4.69, 9.17) is 13.9 Å². The van der Waals surface area contributed by atoms with Crippen LogP contribution in [0.4, 0.5) is 20.5 Å². The van der Waals surface area contributed by atoms with E-state index >= 15 is 8.78 Å². The normalized spacial score (nSPS) is 21.5. The van der Waals surface area contributed by atoms with E-state index in [0.717, 1.165) is 24.1 Å². The molecule has 2 heterocycles. The number of fused-ring (bicyclic) bond motifs is 1. The summed E-state index contributed by atoms with van der Waals surface area (Å²) in [5.74, 6) is -4.84. The highest BCUT2D eigenvalue weighted by atomic mass is 19.2. The fraction of sp³-hybridized carbons (Fsp3) is 0.483. The van der Waals surface area contributed by atoms with Crippen LogP contribution in [0.1, 0.15) is 49.7 Å². The van der Waals surface area contributed by atoms with Crippen molar-refractivity contribution in [2.45, 2.75) is 64.0 Å². The molecule has 0 spiro atoms. The number of hydrogen-bond acceptors (Lipinski definition) is 8. The zero-order valence-electron chi connectivity index (χ0n) is 22.2. The van der Waals surface area contributed by atoms with Crippen LogP contribution in [0.3, 0.4) is 0 Å². The Morgan fingerprint density at radius 1 is 1.13 bits per heavy atom. The van der Waals surface area contributed by atoms with Crippen LogP contribution in [0.25, 0.3) is 11.1 Å². The van der Waals surface area contributed by atoms with E-state index in [9.17, 15) is 9.59 Å². The summed E-state index contributed by atoms with van der Waals surface area (Å²) >= 11 is 0. The summed E-state index contributed by atoms with van der Waals surface area (Å²) in [5.41, 5.74) is 1.91. The molecule has 1 saturated heterocycles. The molecule has 1 aliphatic heterocycles. The SMILES string of the molecule is COC(=O)C1CCC(OC(F)(C(=O)Cc2ccc3nc(Nc4ccccc4C)oc3c2F)N2CCCC2)CC1. The summed E-state index contributed by atoms with van der Waals surface area (Å²) in [6.45, 7) is 2.67. The highest BCUT2D eigenvalue weighted by Gasteiger charge is 2.49. The minimum absolute atomic E-state index is 0.00492. The van der Waals surface area contributed by atoms with Crippen molar-refractivity contribution in [1.29, 1.82) is 0 Å². The largest absolute Gasteiger partial charge is 0.469 e. The lowest BCUT2D eigenvalue weighted by atomic mass is 9.87. The Morgan fingerprint density at radius 3 is 2.54 bits per heavy atom. The third-order valence-corrected chi connectivity index (χ3v) is 7.70. The minimum atomic E-state index is -2.68. The number of para-hydroxylation sites is 1. The molecule has 1 N–H and O–H groups in total. The van der Waals surface area contributed by atoms with Gasteiger partial charge in [0, 0.05) is 25.2 Å². The summed E-state index contributed by atoms with van der Waals surface area (Å²) in [5, 5.41) is 3.04. The summed E-state index contributed by atoms with van der Waals surface area (Å²) < 4.78 is 48.3. The number of hydrogen-bond donors (Lipinski definition) is 1. The maximum absolute atomic E-state index is 16.5. The van der Waals surface area contributed by atoms with Gasteiger partial charge >= 0.3 is 11.9 Å². The van der Waals surface area contributed by atoms with E-state index in [-0.39, 0.29) is 34.6 Å². The number of aromatic nitrogens is 1. The number of nitrogens with zero attached hydrogens (tertiary/aromatic N) is 2. The van der Waals surface area contributed by atoms with E-state index in [1.54, 1.807) is 6.07 Å². The van der Waals surface area contributed by atoms with E-state index in [1.165, 1.54) is 18.1 Å². The number of esters is 1. The number of rotatable bonds is 9. The number of carbonyl (C=O) groups is 2. The quantitative estimate of drug-likeness (QED) is 0.277. The molecular formula is C29H33F2N3O5. The lowest BCUT2D eigenvalue weighted by Crippen LogP contribution is -2.54. The molecule has 0 radical (unpaired) electrons. The van der Waals surface area contributed by atoms with Gasteiger partial charge in [0.1, 0.15) is 5.52 Å². The highest BCUT2D eigenvalue weighted by Crippen LogP contribution is 2.35. The number of anilines is 2. The predicted molar refractivity (Wildman–Crippen MR) is 141 cm³/mol. The van der Waals surface area contributed by atoms with Crippen molar-refractivity contribution >= 4 is 34.6 Å². The molecule has 0 amide bonds. The molecular weight excluding hydrogens is 508 g/mol.